The number of rotatable bonds is 3. The number of carbonyl (C=O) groups is 1. The first-order chi connectivity index (χ1) is 9.10. The Hall–Kier alpha value is -2.20. The van der Waals surface area contributed by atoms with Gasteiger partial charge in [0.2, 0.25) is 0 Å². The van der Waals surface area contributed by atoms with Crippen LogP contribution in [0.5, 0.6) is 11.5 Å². The van der Waals surface area contributed by atoms with Crippen LogP contribution in [0.2, 0.25) is 5.02 Å². The van der Waals surface area contributed by atoms with Gasteiger partial charge in [-0.3, -0.25) is 4.79 Å². The first-order valence-corrected chi connectivity index (χ1v) is 5.92. The van der Waals surface area contributed by atoms with E-state index in [4.69, 9.17) is 16.3 Å². The largest absolute Gasteiger partial charge is 0.508 e. The summed E-state index contributed by atoms with van der Waals surface area (Å²) in [6.07, 6.45) is 0. The molecule has 2 N–H and O–H groups in total. The Morgan fingerprint density at radius 2 is 2.05 bits per heavy atom. The van der Waals surface area contributed by atoms with Gasteiger partial charge in [0.1, 0.15) is 11.5 Å². The number of ether oxygens (including phenoxy) is 1. The minimum Gasteiger partial charge on any atom is -0.508 e. The maximum absolute atomic E-state index is 12.0. The molecule has 0 fully saturated rings. The van der Waals surface area contributed by atoms with Gasteiger partial charge in [0.05, 0.1) is 12.1 Å². The average molecular weight is 278 g/mol. The summed E-state index contributed by atoms with van der Waals surface area (Å²) < 4.78 is 5.07. The Morgan fingerprint density at radius 3 is 2.74 bits per heavy atom. The Morgan fingerprint density at radius 1 is 1.26 bits per heavy atom. The lowest BCUT2D eigenvalue weighted by atomic mass is 10.2. The Balaban J connectivity index is 2.19. The lowest BCUT2D eigenvalue weighted by molar-refractivity contribution is 0.102. The number of nitrogens with one attached hydrogen (secondary N) is 1. The molecule has 0 aliphatic rings. The maximum atomic E-state index is 12.0. The van der Waals surface area contributed by atoms with Crippen LogP contribution in [-0.4, -0.2) is 18.1 Å². The Labute approximate surface area is 115 Å². The second kappa shape index (κ2) is 5.63. The quantitative estimate of drug-likeness (QED) is 0.905. The zero-order valence-corrected chi connectivity index (χ0v) is 10.9. The summed E-state index contributed by atoms with van der Waals surface area (Å²) in [6.45, 7) is 0. The number of hydrogen-bond acceptors (Lipinski definition) is 3. The van der Waals surface area contributed by atoms with Crippen LogP contribution in [0.25, 0.3) is 0 Å². The fourth-order valence-corrected chi connectivity index (χ4v) is 1.78. The summed E-state index contributed by atoms with van der Waals surface area (Å²) in [4.78, 5) is 12.0. The van der Waals surface area contributed by atoms with Gasteiger partial charge < -0.3 is 15.2 Å². The number of methoxy groups -OCH3 is 1. The van der Waals surface area contributed by atoms with Gasteiger partial charge in [-0.15, -0.1) is 0 Å². The Bertz CT molecular complexity index is 613. The van der Waals surface area contributed by atoms with Gasteiger partial charge in [0.15, 0.2) is 0 Å². The molecule has 5 heteroatoms. The van der Waals surface area contributed by atoms with Crippen molar-refractivity contribution in [2.75, 3.05) is 12.4 Å². The topological polar surface area (TPSA) is 58.6 Å². The lowest BCUT2D eigenvalue weighted by Gasteiger charge is -2.08. The van der Waals surface area contributed by atoms with Crippen LogP contribution in [-0.2, 0) is 0 Å². The van der Waals surface area contributed by atoms with Crippen LogP contribution in [0.3, 0.4) is 0 Å². The molecule has 1 amide bonds. The molecule has 0 saturated carbocycles. The summed E-state index contributed by atoms with van der Waals surface area (Å²) in [5, 5.41) is 12.5. The van der Waals surface area contributed by atoms with Crippen molar-refractivity contribution in [3.05, 3.63) is 53.1 Å². The van der Waals surface area contributed by atoms with Crippen molar-refractivity contribution in [1.29, 1.82) is 0 Å². The van der Waals surface area contributed by atoms with Crippen molar-refractivity contribution in [2.24, 2.45) is 0 Å². The fraction of sp³-hybridized carbons (Fsp3) is 0.0714. The molecule has 0 aromatic heterocycles. The van der Waals surface area contributed by atoms with E-state index in [0.717, 1.165) is 0 Å². The molecule has 98 valence electrons. The van der Waals surface area contributed by atoms with Crippen molar-refractivity contribution in [1.82, 2.24) is 0 Å². The number of phenols is 1. The fourth-order valence-electron chi connectivity index (χ4n) is 1.59. The summed E-state index contributed by atoms with van der Waals surface area (Å²) >= 11 is 5.90. The van der Waals surface area contributed by atoms with Gasteiger partial charge in [-0.05, 0) is 30.3 Å². The van der Waals surface area contributed by atoms with Crippen molar-refractivity contribution in [3.63, 3.8) is 0 Å². The number of phenolic OH excluding ortho intramolecular Hbond substituents is 1. The second-order valence-electron chi connectivity index (χ2n) is 3.85. The van der Waals surface area contributed by atoms with Crippen LogP contribution in [0.1, 0.15) is 10.4 Å². The smallest absolute Gasteiger partial charge is 0.255 e. The van der Waals surface area contributed by atoms with E-state index in [1.165, 1.54) is 19.2 Å². The highest BCUT2D eigenvalue weighted by atomic mass is 35.5. The number of anilines is 1. The molecule has 0 radical (unpaired) electrons. The lowest BCUT2D eigenvalue weighted by Crippen LogP contribution is -2.11. The third kappa shape index (κ3) is 3.17. The summed E-state index contributed by atoms with van der Waals surface area (Å²) in [7, 11) is 1.50. The van der Waals surface area contributed by atoms with E-state index < -0.39 is 0 Å². The molecule has 0 spiro atoms. The predicted octanol–water partition coefficient (Wildman–Crippen LogP) is 3.31. The molecule has 2 rings (SSSR count). The monoisotopic (exact) mass is 277 g/mol. The number of halogens is 1. The number of hydrogen-bond donors (Lipinski definition) is 2. The highest BCUT2D eigenvalue weighted by molar-refractivity contribution is 6.32. The normalized spacial score (nSPS) is 10.0. The molecule has 0 aliphatic carbocycles. The summed E-state index contributed by atoms with van der Waals surface area (Å²) in [5.74, 6) is 0.206. The highest BCUT2D eigenvalue weighted by Gasteiger charge is 2.08. The van der Waals surface area contributed by atoms with Crippen molar-refractivity contribution in [3.8, 4) is 11.5 Å². The van der Waals surface area contributed by atoms with Gasteiger partial charge in [-0.25, -0.2) is 0 Å². The van der Waals surface area contributed by atoms with Gasteiger partial charge >= 0.3 is 0 Å². The van der Waals surface area contributed by atoms with Crippen molar-refractivity contribution < 1.29 is 14.6 Å². The number of carbonyl (C=O) groups excluding carboxylic acids is 1. The van der Waals surface area contributed by atoms with E-state index in [-0.39, 0.29) is 11.7 Å². The van der Waals surface area contributed by atoms with E-state index >= 15 is 0 Å². The van der Waals surface area contributed by atoms with Gasteiger partial charge in [0.25, 0.3) is 5.91 Å². The zero-order valence-electron chi connectivity index (χ0n) is 10.2. The standard InChI is InChI=1S/C14H12ClNO3/c1-19-13-8-10(5-6-12(13)15)16-14(18)9-3-2-4-11(17)7-9/h2-8,17H,1H3,(H,16,18). The molecule has 4 nitrogen and oxygen atoms in total. The molecule has 0 unspecified atom stereocenters. The first kappa shape index (κ1) is 13.2. The highest BCUT2D eigenvalue weighted by Crippen LogP contribution is 2.27. The van der Waals surface area contributed by atoms with E-state index in [0.29, 0.717) is 22.0 Å². The minimum atomic E-state index is -0.319. The number of benzene rings is 2. The molecular weight excluding hydrogens is 266 g/mol. The molecular formula is C14H12ClNO3. The van der Waals surface area contributed by atoms with Gasteiger partial charge in [-0.1, -0.05) is 17.7 Å². The molecule has 19 heavy (non-hydrogen) atoms. The van der Waals surface area contributed by atoms with Crippen LogP contribution in [0.15, 0.2) is 42.5 Å². The van der Waals surface area contributed by atoms with Crippen LogP contribution < -0.4 is 10.1 Å². The molecule has 0 aliphatic heterocycles. The molecule has 0 atom stereocenters. The molecule has 2 aromatic rings. The predicted molar refractivity (Wildman–Crippen MR) is 74.1 cm³/mol. The third-order valence-corrected chi connectivity index (χ3v) is 2.83. The summed E-state index contributed by atoms with van der Waals surface area (Å²) in [6, 6.07) is 11.0. The average Bonchev–Trinajstić information content (AvgIpc) is 2.41. The van der Waals surface area contributed by atoms with Crippen molar-refractivity contribution in [2.45, 2.75) is 0 Å². The molecule has 0 bridgehead atoms. The first-order valence-electron chi connectivity index (χ1n) is 5.54. The number of aromatic hydroxyl groups is 1. The Kier molecular flexibility index (Phi) is 3.92. The van der Waals surface area contributed by atoms with Gasteiger partial charge in [-0.2, -0.15) is 0 Å². The van der Waals surface area contributed by atoms with E-state index in [2.05, 4.69) is 5.32 Å². The second-order valence-corrected chi connectivity index (χ2v) is 4.26. The van der Waals surface area contributed by atoms with E-state index in [1.807, 2.05) is 0 Å². The van der Waals surface area contributed by atoms with Crippen LogP contribution in [0, 0.1) is 0 Å². The van der Waals surface area contributed by atoms with Crippen LogP contribution >= 0.6 is 11.6 Å². The molecule has 0 heterocycles. The molecule has 2 aromatic carbocycles. The SMILES string of the molecule is COc1cc(NC(=O)c2cccc(O)c2)ccc1Cl. The van der Waals surface area contributed by atoms with E-state index in [1.54, 1.807) is 30.3 Å². The minimum absolute atomic E-state index is 0.0429. The third-order valence-electron chi connectivity index (χ3n) is 2.52. The summed E-state index contributed by atoms with van der Waals surface area (Å²) in [5.41, 5.74) is 0.934. The maximum Gasteiger partial charge on any atom is 0.255 e. The van der Waals surface area contributed by atoms with Crippen LogP contribution in [0.4, 0.5) is 5.69 Å². The van der Waals surface area contributed by atoms with E-state index in [9.17, 15) is 9.90 Å². The number of amides is 1. The molecule has 0 saturated heterocycles. The zero-order chi connectivity index (χ0) is 13.8. The van der Waals surface area contributed by atoms with Crippen molar-refractivity contribution >= 4 is 23.2 Å². The van der Waals surface area contributed by atoms with Gasteiger partial charge in [0, 0.05) is 17.3 Å².